The molecular formula is C22H30FN3O3. The number of fused-ring (bicyclic) bond motifs is 1. The van der Waals surface area contributed by atoms with Gasteiger partial charge < -0.3 is 19.7 Å². The molecule has 6 nitrogen and oxygen atoms in total. The van der Waals surface area contributed by atoms with Gasteiger partial charge >= 0.3 is 0 Å². The second-order valence-electron chi connectivity index (χ2n) is 8.17. The Kier molecular flexibility index (Phi) is 6.18. The lowest BCUT2D eigenvalue weighted by Gasteiger charge is -2.45. The molecular weight excluding hydrogens is 373 g/mol. The van der Waals surface area contributed by atoms with E-state index in [1.807, 2.05) is 17.9 Å². The average molecular weight is 403 g/mol. The summed E-state index contributed by atoms with van der Waals surface area (Å²) in [6.07, 6.45) is 2.54. The fraction of sp³-hybridized carbons (Fsp3) is 0.591. The SMILES string of the molecule is Cc1c(C(=O)N2CCC(N3CCOCC3)C(CCCO)C2)[nH]c2c(F)cccc12. The number of halogens is 1. The number of piperidine rings is 1. The molecule has 158 valence electrons. The Morgan fingerprint density at radius 3 is 2.83 bits per heavy atom. The Balaban J connectivity index is 1.53. The van der Waals surface area contributed by atoms with Crippen LogP contribution in [0.25, 0.3) is 10.9 Å². The molecule has 2 aliphatic rings. The number of aromatic nitrogens is 1. The molecule has 0 spiro atoms. The Morgan fingerprint density at radius 2 is 2.10 bits per heavy atom. The van der Waals surface area contributed by atoms with Gasteiger partial charge in [0, 0.05) is 44.2 Å². The predicted molar refractivity (Wildman–Crippen MR) is 110 cm³/mol. The lowest BCUT2D eigenvalue weighted by atomic mass is 9.86. The molecule has 1 amide bonds. The maximum atomic E-state index is 14.1. The van der Waals surface area contributed by atoms with E-state index in [4.69, 9.17) is 4.74 Å². The summed E-state index contributed by atoms with van der Waals surface area (Å²) in [6, 6.07) is 5.34. The summed E-state index contributed by atoms with van der Waals surface area (Å²) in [6.45, 7) is 6.75. The molecule has 7 heteroatoms. The number of aliphatic hydroxyl groups is 1. The lowest BCUT2D eigenvalue weighted by Crippen LogP contribution is -2.55. The molecule has 2 unspecified atom stereocenters. The van der Waals surface area contributed by atoms with Crippen molar-refractivity contribution in [2.45, 2.75) is 32.2 Å². The molecule has 2 saturated heterocycles. The number of aryl methyl sites for hydroxylation is 1. The fourth-order valence-electron chi connectivity index (χ4n) is 4.92. The molecule has 0 aliphatic carbocycles. The molecule has 2 aromatic rings. The van der Waals surface area contributed by atoms with Gasteiger partial charge in [0.25, 0.3) is 5.91 Å². The number of para-hydroxylation sites is 1. The number of nitrogens with zero attached hydrogens (tertiary/aromatic N) is 2. The van der Waals surface area contributed by atoms with Crippen molar-refractivity contribution < 1.29 is 19.0 Å². The highest BCUT2D eigenvalue weighted by molar-refractivity contribution is 6.01. The van der Waals surface area contributed by atoms with Gasteiger partial charge in [0.2, 0.25) is 0 Å². The number of rotatable bonds is 5. The number of hydrogen-bond donors (Lipinski definition) is 2. The first kappa shape index (κ1) is 20.3. The van der Waals surface area contributed by atoms with Crippen molar-refractivity contribution in [2.24, 2.45) is 5.92 Å². The van der Waals surface area contributed by atoms with Gasteiger partial charge in [-0.2, -0.15) is 0 Å². The highest BCUT2D eigenvalue weighted by Crippen LogP contribution is 2.30. The van der Waals surface area contributed by atoms with Crippen LogP contribution >= 0.6 is 0 Å². The first-order valence-electron chi connectivity index (χ1n) is 10.6. The van der Waals surface area contributed by atoms with E-state index in [1.165, 1.54) is 6.07 Å². The maximum Gasteiger partial charge on any atom is 0.270 e. The van der Waals surface area contributed by atoms with Crippen LogP contribution in [0.2, 0.25) is 0 Å². The monoisotopic (exact) mass is 403 g/mol. The number of carbonyl (C=O) groups is 1. The van der Waals surface area contributed by atoms with E-state index in [9.17, 15) is 14.3 Å². The van der Waals surface area contributed by atoms with Gasteiger partial charge in [-0.1, -0.05) is 12.1 Å². The third-order valence-corrected chi connectivity index (χ3v) is 6.49. The Labute approximate surface area is 170 Å². The Hall–Kier alpha value is -1.96. The first-order valence-corrected chi connectivity index (χ1v) is 10.6. The van der Waals surface area contributed by atoms with Gasteiger partial charge in [-0.25, -0.2) is 4.39 Å². The Bertz CT molecular complexity index is 862. The van der Waals surface area contributed by atoms with Crippen LogP contribution in [0.1, 0.15) is 35.3 Å². The molecule has 0 bridgehead atoms. The molecule has 2 aliphatic heterocycles. The third-order valence-electron chi connectivity index (χ3n) is 6.49. The number of benzene rings is 1. The van der Waals surface area contributed by atoms with Gasteiger partial charge in [0.15, 0.2) is 0 Å². The van der Waals surface area contributed by atoms with Crippen LogP contribution in [-0.2, 0) is 4.74 Å². The van der Waals surface area contributed by atoms with Gasteiger partial charge in [-0.15, -0.1) is 0 Å². The van der Waals surface area contributed by atoms with Crippen LogP contribution in [0.4, 0.5) is 4.39 Å². The van der Waals surface area contributed by atoms with Crippen LogP contribution in [0.5, 0.6) is 0 Å². The Morgan fingerprint density at radius 1 is 1.31 bits per heavy atom. The molecule has 2 fully saturated rings. The van der Waals surface area contributed by atoms with E-state index in [2.05, 4.69) is 9.88 Å². The number of morpholine rings is 1. The number of amides is 1. The van der Waals surface area contributed by atoms with Crippen molar-refractivity contribution in [3.63, 3.8) is 0 Å². The van der Waals surface area contributed by atoms with E-state index in [0.29, 0.717) is 36.3 Å². The minimum absolute atomic E-state index is 0.0625. The van der Waals surface area contributed by atoms with Crippen LogP contribution in [0, 0.1) is 18.7 Å². The molecule has 4 rings (SSSR count). The van der Waals surface area contributed by atoms with Gasteiger partial charge in [-0.3, -0.25) is 9.69 Å². The van der Waals surface area contributed by atoms with Gasteiger partial charge in [0.05, 0.1) is 18.7 Å². The average Bonchev–Trinajstić information content (AvgIpc) is 3.10. The van der Waals surface area contributed by atoms with Gasteiger partial charge in [0.1, 0.15) is 11.5 Å². The number of aliphatic hydroxyl groups excluding tert-OH is 1. The van der Waals surface area contributed by atoms with Crippen LogP contribution in [0.15, 0.2) is 18.2 Å². The summed E-state index contributed by atoms with van der Waals surface area (Å²) >= 11 is 0. The number of hydrogen-bond acceptors (Lipinski definition) is 4. The van der Waals surface area contributed by atoms with Crippen molar-refractivity contribution in [3.05, 3.63) is 35.3 Å². The number of ether oxygens (including phenoxy) is 1. The van der Waals surface area contributed by atoms with E-state index in [0.717, 1.165) is 56.5 Å². The maximum absolute atomic E-state index is 14.1. The highest BCUT2D eigenvalue weighted by Gasteiger charge is 2.36. The van der Waals surface area contributed by atoms with E-state index in [-0.39, 0.29) is 18.3 Å². The summed E-state index contributed by atoms with van der Waals surface area (Å²) < 4.78 is 19.6. The number of H-pyrrole nitrogens is 1. The quantitative estimate of drug-likeness (QED) is 0.805. The number of carbonyl (C=O) groups excluding carboxylic acids is 1. The molecule has 2 atom stereocenters. The summed E-state index contributed by atoms with van der Waals surface area (Å²) in [4.78, 5) is 20.7. The zero-order chi connectivity index (χ0) is 20.4. The summed E-state index contributed by atoms with van der Waals surface area (Å²) in [7, 11) is 0. The van der Waals surface area contributed by atoms with E-state index >= 15 is 0 Å². The molecule has 0 saturated carbocycles. The van der Waals surface area contributed by atoms with Crippen molar-refractivity contribution in [1.82, 2.24) is 14.8 Å². The standard InChI is InChI=1S/C22H30FN3O3/c1-15-17-5-2-6-18(23)21(17)24-20(15)22(28)26-8-7-19(16(14-26)4-3-11-27)25-9-12-29-13-10-25/h2,5-6,16,19,24,27H,3-4,7-14H2,1H3. The topological polar surface area (TPSA) is 68.8 Å². The fourth-order valence-corrected chi connectivity index (χ4v) is 4.92. The normalized spacial score (nSPS) is 23.6. The van der Waals surface area contributed by atoms with Crippen molar-refractivity contribution in [2.75, 3.05) is 46.0 Å². The zero-order valence-corrected chi connectivity index (χ0v) is 17.0. The van der Waals surface area contributed by atoms with Crippen LogP contribution in [-0.4, -0.2) is 77.8 Å². The summed E-state index contributed by atoms with van der Waals surface area (Å²) in [5, 5.41) is 10.1. The van der Waals surface area contributed by atoms with E-state index < -0.39 is 0 Å². The second kappa shape index (κ2) is 8.81. The number of aromatic amines is 1. The van der Waals surface area contributed by atoms with E-state index in [1.54, 1.807) is 6.07 Å². The van der Waals surface area contributed by atoms with Crippen LogP contribution in [0.3, 0.4) is 0 Å². The predicted octanol–water partition coefficient (Wildman–Crippen LogP) is 2.55. The molecule has 1 aromatic heterocycles. The minimum Gasteiger partial charge on any atom is -0.396 e. The number of nitrogens with one attached hydrogen (secondary N) is 1. The number of likely N-dealkylation sites (tertiary alicyclic amines) is 1. The molecule has 0 radical (unpaired) electrons. The molecule has 29 heavy (non-hydrogen) atoms. The smallest absolute Gasteiger partial charge is 0.270 e. The molecule has 2 N–H and O–H groups in total. The second-order valence-corrected chi connectivity index (χ2v) is 8.17. The summed E-state index contributed by atoms with van der Waals surface area (Å²) in [5.74, 6) is -0.0802. The third kappa shape index (κ3) is 4.04. The zero-order valence-electron chi connectivity index (χ0n) is 17.0. The lowest BCUT2D eigenvalue weighted by molar-refractivity contribution is -0.0197. The van der Waals surface area contributed by atoms with Crippen molar-refractivity contribution in [1.29, 1.82) is 0 Å². The summed E-state index contributed by atoms with van der Waals surface area (Å²) in [5.41, 5.74) is 1.68. The highest BCUT2D eigenvalue weighted by atomic mass is 19.1. The van der Waals surface area contributed by atoms with Crippen molar-refractivity contribution in [3.8, 4) is 0 Å². The first-order chi connectivity index (χ1) is 14.1. The minimum atomic E-state index is -0.337. The van der Waals surface area contributed by atoms with Crippen molar-refractivity contribution >= 4 is 16.8 Å². The molecule has 1 aromatic carbocycles. The molecule has 3 heterocycles. The van der Waals surface area contributed by atoms with Gasteiger partial charge in [-0.05, 0) is 43.7 Å². The van der Waals surface area contributed by atoms with Crippen LogP contribution < -0.4 is 0 Å². The largest absolute Gasteiger partial charge is 0.396 e.